The second kappa shape index (κ2) is 4.84. The van der Waals surface area contributed by atoms with E-state index < -0.39 is 0 Å². The molecule has 0 unspecified atom stereocenters. The van der Waals surface area contributed by atoms with Crippen molar-refractivity contribution >= 4 is 5.97 Å². The van der Waals surface area contributed by atoms with Gasteiger partial charge in [-0.1, -0.05) is 12.1 Å². The van der Waals surface area contributed by atoms with E-state index in [-0.39, 0.29) is 23.9 Å². The zero-order valence-corrected chi connectivity index (χ0v) is 10.0. The van der Waals surface area contributed by atoms with E-state index in [9.17, 15) is 9.18 Å². The van der Waals surface area contributed by atoms with Crippen LogP contribution in [0.15, 0.2) is 24.3 Å². The zero-order chi connectivity index (χ0) is 12.4. The summed E-state index contributed by atoms with van der Waals surface area (Å²) in [5.41, 5.74) is 0.987. The molecule has 92 valence electrons. The number of cyclic esters (lactones) is 1. The summed E-state index contributed by atoms with van der Waals surface area (Å²) in [5.74, 6) is -0.410. The molecule has 1 aromatic carbocycles. The zero-order valence-electron chi connectivity index (χ0n) is 10.0. The van der Waals surface area contributed by atoms with Crippen molar-refractivity contribution in [3.8, 4) is 0 Å². The molecule has 4 heteroatoms. The van der Waals surface area contributed by atoms with Crippen LogP contribution in [0.1, 0.15) is 18.9 Å². The number of halogens is 1. The summed E-state index contributed by atoms with van der Waals surface area (Å²) in [5, 5.41) is 0. The molecular formula is C13H16FNO2. The van der Waals surface area contributed by atoms with Crippen molar-refractivity contribution < 1.29 is 13.9 Å². The van der Waals surface area contributed by atoms with Gasteiger partial charge < -0.3 is 4.74 Å². The highest BCUT2D eigenvalue weighted by Gasteiger charge is 2.34. The molecule has 1 heterocycles. The van der Waals surface area contributed by atoms with Crippen molar-refractivity contribution in [3.05, 3.63) is 35.6 Å². The van der Waals surface area contributed by atoms with Gasteiger partial charge in [0.15, 0.2) is 0 Å². The van der Waals surface area contributed by atoms with E-state index in [1.807, 2.05) is 18.9 Å². The molecule has 0 radical (unpaired) electrons. The Hall–Kier alpha value is -1.42. The van der Waals surface area contributed by atoms with Crippen LogP contribution < -0.4 is 0 Å². The third-order valence-electron chi connectivity index (χ3n) is 3.02. The molecule has 2 atom stereocenters. The SMILES string of the molecule is C[C@H]1C[C@H](N(C)Cc2ccc(F)cc2)C(=O)O1. The molecule has 1 aliphatic rings. The van der Waals surface area contributed by atoms with Gasteiger partial charge in [-0.05, 0) is 31.7 Å². The lowest BCUT2D eigenvalue weighted by Crippen LogP contribution is -2.34. The molecule has 1 saturated heterocycles. The van der Waals surface area contributed by atoms with Gasteiger partial charge in [-0.15, -0.1) is 0 Å². The Kier molecular flexibility index (Phi) is 3.43. The van der Waals surface area contributed by atoms with Gasteiger partial charge >= 0.3 is 5.97 Å². The van der Waals surface area contributed by atoms with Gasteiger partial charge in [0.1, 0.15) is 18.0 Å². The summed E-state index contributed by atoms with van der Waals surface area (Å²) in [6, 6.07) is 6.14. The Labute approximate surface area is 100 Å². The molecular weight excluding hydrogens is 221 g/mol. The predicted molar refractivity (Wildman–Crippen MR) is 61.8 cm³/mol. The number of hydrogen-bond acceptors (Lipinski definition) is 3. The quantitative estimate of drug-likeness (QED) is 0.753. The van der Waals surface area contributed by atoms with Gasteiger partial charge in [-0.25, -0.2) is 4.39 Å². The first-order valence-electron chi connectivity index (χ1n) is 5.71. The summed E-state index contributed by atoms with van der Waals surface area (Å²) in [7, 11) is 1.88. The molecule has 0 N–H and O–H groups in total. The number of esters is 1. The number of rotatable bonds is 3. The number of carbonyl (C=O) groups excluding carboxylic acids is 1. The van der Waals surface area contributed by atoms with Gasteiger partial charge in [0, 0.05) is 13.0 Å². The minimum absolute atomic E-state index is 0.0110. The third-order valence-corrected chi connectivity index (χ3v) is 3.02. The lowest BCUT2D eigenvalue weighted by atomic mass is 10.1. The molecule has 0 amide bonds. The fourth-order valence-corrected chi connectivity index (χ4v) is 2.08. The summed E-state index contributed by atoms with van der Waals surface area (Å²) < 4.78 is 17.9. The smallest absolute Gasteiger partial charge is 0.323 e. The number of nitrogens with zero attached hydrogens (tertiary/aromatic N) is 1. The topological polar surface area (TPSA) is 29.5 Å². The van der Waals surface area contributed by atoms with Crippen LogP contribution in [0.5, 0.6) is 0 Å². The molecule has 1 fully saturated rings. The highest BCUT2D eigenvalue weighted by Crippen LogP contribution is 2.20. The van der Waals surface area contributed by atoms with Gasteiger partial charge in [0.2, 0.25) is 0 Å². The molecule has 1 aromatic rings. The number of ether oxygens (including phenoxy) is 1. The Morgan fingerprint density at radius 2 is 2.06 bits per heavy atom. The second-order valence-corrected chi connectivity index (χ2v) is 4.54. The largest absolute Gasteiger partial charge is 0.461 e. The average molecular weight is 237 g/mol. The molecule has 0 aliphatic carbocycles. The normalized spacial score (nSPS) is 24.1. The number of hydrogen-bond donors (Lipinski definition) is 0. The predicted octanol–water partition coefficient (Wildman–Crippen LogP) is 1.96. The standard InChI is InChI=1S/C13H16FNO2/c1-9-7-12(13(16)17-9)15(2)8-10-3-5-11(14)6-4-10/h3-6,9,12H,7-8H2,1-2H3/t9-,12-/m0/s1. The molecule has 1 aliphatic heterocycles. The van der Waals surface area contributed by atoms with Crippen molar-refractivity contribution in [1.82, 2.24) is 4.90 Å². The van der Waals surface area contributed by atoms with Crippen molar-refractivity contribution in [2.24, 2.45) is 0 Å². The van der Waals surface area contributed by atoms with E-state index in [2.05, 4.69) is 0 Å². The summed E-state index contributed by atoms with van der Waals surface area (Å²) in [6.45, 7) is 2.51. The molecule has 2 rings (SSSR count). The molecule has 3 nitrogen and oxygen atoms in total. The van der Waals surface area contributed by atoms with Crippen LogP contribution >= 0.6 is 0 Å². The van der Waals surface area contributed by atoms with Crippen molar-refractivity contribution in [1.29, 1.82) is 0 Å². The lowest BCUT2D eigenvalue weighted by Gasteiger charge is -2.20. The summed E-state index contributed by atoms with van der Waals surface area (Å²) in [4.78, 5) is 13.5. The maximum atomic E-state index is 12.8. The molecule has 17 heavy (non-hydrogen) atoms. The highest BCUT2D eigenvalue weighted by molar-refractivity contribution is 5.77. The van der Waals surface area contributed by atoms with E-state index in [0.717, 1.165) is 12.0 Å². The maximum Gasteiger partial charge on any atom is 0.323 e. The number of carbonyl (C=O) groups is 1. The third kappa shape index (κ3) is 2.82. The molecule has 0 spiro atoms. The van der Waals surface area contributed by atoms with E-state index in [1.165, 1.54) is 12.1 Å². The van der Waals surface area contributed by atoms with Gasteiger partial charge in [-0.3, -0.25) is 9.69 Å². The lowest BCUT2D eigenvalue weighted by molar-refractivity contribution is -0.144. The van der Waals surface area contributed by atoms with Gasteiger partial charge in [-0.2, -0.15) is 0 Å². The first-order chi connectivity index (χ1) is 8.06. The van der Waals surface area contributed by atoms with Crippen LogP contribution in [0.4, 0.5) is 4.39 Å². The van der Waals surface area contributed by atoms with Gasteiger partial charge in [0.05, 0.1) is 0 Å². The fourth-order valence-electron chi connectivity index (χ4n) is 2.08. The van der Waals surface area contributed by atoms with E-state index in [4.69, 9.17) is 4.74 Å². The van der Waals surface area contributed by atoms with E-state index >= 15 is 0 Å². The van der Waals surface area contributed by atoms with Crippen LogP contribution in [0.3, 0.4) is 0 Å². The Morgan fingerprint density at radius 1 is 1.41 bits per heavy atom. The van der Waals surface area contributed by atoms with E-state index in [0.29, 0.717) is 6.54 Å². The Morgan fingerprint density at radius 3 is 2.59 bits per heavy atom. The number of benzene rings is 1. The number of likely N-dealkylation sites (N-methyl/N-ethyl adjacent to an activating group) is 1. The van der Waals surface area contributed by atoms with Crippen molar-refractivity contribution in [2.45, 2.75) is 32.0 Å². The van der Waals surface area contributed by atoms with Gasteiger partial charge in [0.25, 0.3) is 0 Å². The van der Waals surface area contributed by atoms with Crippen LogP contribution in [0.2, 0.25) is 0 Å². The van der Waals surface area contributed by atoms with Crippen LogP contribution in [0.25, 0.3) is 0 Å². The van der Waals surface area contributed by atoms with Crippen LogP contribution in [-0.4, -0.2) is 30.1 Å². The maximum absolute atomic E-state index is 12.8. The molecule has 0 bridgehead atoms. The average Bonchev–Trinajstić information content (AvgIpc) is 2.61. The Balaban J connectivity index is 1.99. The van der Waals surface area contributed by atoms with Crippen LogP contribution in [0, 0.1) is 5.82 Å². The van der Waals surface area contributed by atoms with Crippen LogP contribution in [-0.2, 0) is 16.1 Å². The minimum Gasteiger partial charge on any atom is -0.461 e. The van der Waals surface area contributed by atoms with Crippen molar-refractivity contribution in [2.75, 3.05) is 7.05 Å². The Bertz CT molecular complexity index is 404. The van der Waals surface area contributed by atoms with E-state index in [1.54, 1.807) is 12.1 Å². The summed E-state index contributed by atoms with van der Waals surface area (Å²) in [6.07, 6.45) is 0.708. The minimum atomic E-state index is -0.245. The first-order valence-corrected chi connectivity index (χ1v) is 5.71. The van der Waals surface area contributed by atoms with Crippen molar-refractivity contribution in [3.63, 3.8) is 0 Å². The summed E-state index contributed by atoms with van der Waals surface area (Å²) >= 11 is 0. The second-order valence-electron chi connectivity index (χ2n) is 4.54. The fraction of sp³-hybridized carbons (Fsp3) is 0.462. The highest BCUT2D eigenvalue weighted by atomic mass is 19.1. The molecule has 0 aromatic heterocycles. The molecule has 0 saturated carbocycles. The first kappa shape index (κ1) is 12.0. The monoisotopic (exact) mass is 237 g/mol.